The Kier molecular flexibility index (Phi) is 7.07. The summed E-state index contributed by atoms with van der Waals surface area (Å²) in [7, 11) is 0. The molecule has 1 heterocycles. The molecule has 6 nitrogen and oxygen atoms in total. The van der Waals surface area contributed by atoms with Gasteiger partial charge in [0, 0.05) is 12.0 Å². The quantitative estimate of drug-likeness (QED) is 0.499. The van der Waals surface area contributed by atoms with Crippen LogP contribution in [0.2, 0.25) is 0 Å². The average Bonchev–Trinajstić information content (AvgIpc) is 2.86. The topological polar surface area (TPSA) is 75.7 Å². The van der Waals surface area contributed by atoms with Gasteiger partial charge in [-0.3, -0.25) is 19.3 Å². The third kappa shape index (κ3) is 5.01. The highest BCUT2D eigenvalue weighted by Crippen LogP contribution is 2.35. The Labute approximate surface area is 199 Å². The number of nitrogens with one attached hydrogen (secondary N) is 1. The number of ketones is 1. The van der Waals surface area contributed by atoms with Gasteiger partial charge in [-0.1, -0.05) is 67.6 Å². The van der Waals surface area contributed by atoms with Crippen LogP contribution in [0.3, 0.4) is 0 Å². The summed E-state index contributed by atoms with van der Waals surface area (Å²) in [4.78, 5) is 40.1. The third-order valence-corrected chi connectivity index (χ3v) is 5.84. The zero-order chi connectivity index (χ0) is 24.1. The normalized spacial score (nSPS) is 15.0. The number of ether oxygens (including phenoxy) is 1. The second-order valence-corrected chi connectivity index (χ2v) is 8.36. The molecule has 1 N–H and O–H groups in total. The molecule has 0 bridgehead atoms. The van der Waals surface area contributed by atoms with Gasteiger partial charge in [0.05, 0.1) is 11.7 Å². The predicted molar refractivity (Wildman–Crippen MR) is 131 cm³/mol. The number of hydrogen-bond acceptors (Lipinski definition) is 4. The van der Waals surface area contributed by atoms with Gasteiger partial charge >= 0.3 is 0 Å². The van der Waals surface area contributed by atoms with Crippen molar-refractivity contribution >= 4 is 23.3 Å². The highest BCUT2D eigenvalue weighted by Gasteiger charge is 2.33. The molecule has 1 aliphatic rings. The summed E-state index contributed by atoms with van der Waals surface area (Å²) in [6.07, 6.45) is 0.423. The van der Waals surface area contributed by atoms with Gasteiger partial charge in [0.2, 0.25) is 5.91 Å². The van der Waals surface area contributed by atoms with Crippen molar-refractivity contribution in [2.75, 3.05) is 11.4 Å². The number of carbonyl (C=O) groups excluding carboxylic acids is 3. The molecule has 34 heavy (non-hydrogen) atoms. The SMILES string of the molecule is CCCC(=O)c1ccc2c(c1)N(CC(=O)NC(c1ccccc1)c1ccccc1)C(=O)C(C)O2. The molecule has 0 radical (unpaired) electrons. The Morgan fingerprint density at radius 1 is 0.971 bits per heavy atom. The molecule has 4 rings (SSSR count). The van der Waals surface area contributed by atoms with Crippen LogP contribution in [-0.2, 0) is 9.59 Å². The van der Waals surface area contributed by atoms with Crippen LogP contribution in [0.25, 0.3) is 0 Å². The Hall–Kier alpha value is -3.93. The summed E-state index contributed by atoms with van der Waals surface area (Å²) in [5.74, 6) is -0.153. The van der Waals surface area contributed by atoms with Crippen LogP contribution in [0.4, 0.5) is 5.69 Å². The first-order chi connectivity index (χ1) is 16.5. The number of amides is 2. The fourth-order valence-corrected chi connectivity index (χ4v) is 4.12. The Morgan fingerprint density at radius 3 is 2.18 bits per heavy atom. The molecule has 1 unspecified atom stereocenters. The molecular formula is C28H28N2O4. The first kappa shape index (κ1) is 23.2. The molecule has 3 aromatic carbocycles. The summed E-state index contributed by atoms with van der Waals surface area (Å²) in [5, 5.41) is 3.08. The van der Waals surface area contributed by atoms with Gasteiger partial charge in [0.15, 0.2) is 11.9 Å². The van der Waals surface area contributed by atoms with E-state index in [0.717, 1.165) is 17.5 Å². The lowest BCUT2D eigenvalue weighted by atomic mass is 9.98. The van der Waals surface area contributed by atoms with E-state index in [1.54, 1.807) is 25.1 Å². The monoisotopic (exact) mass is 456 g/mol. The molecule has 2 amide bonds. The van der Waals surface area contributed by atoms with Gasteiger partial charge in [-0.15, -0.1) is 0 Å². The van der Waals surface area contributed by atoms with Gasteiger partial charge in [-0.25, -0.2) is 0 Å². The number of nitrogens with zero attached hydrogens (tertiary/aromatic N) is 1. The molecule has 0 fully saturated rings. The van der Waals surface area contributed by atoms with E-state index < -0.39 is 6.10 Å². The minimum Gasteiger partial charge on any atom is -0.479 e. The van der Waals surface area contributed by atoms with Crippen LogP contribution in [0.15, 0.2) is 78.9 Å². The first-order valence-corrected chi connectivity index (χ1v) is 11.5. The van der Waals surface area contributed by atoms with Crippen molar-refractivity contribution in [3.05, 3.63) is 95.6 Å². The number of carbonyl (C=O) groups is 3. The van der Waals surface area contributed by atoms with E-state index in [1.165, 1.54) is 4.90 Å². The molecule has 0 aromatic heterocycles. The molecule has 0 saturated carbocycles. The van der Waals surface area contributed by atoms with Crippen LogP contribution in [-0.4, -0.2) is 30.2 Å². The zero-order valence-corrected chi connectivity index (χ0v) is 19.4. The second kappa shape index (κ2) is 10.3. The minimum absolute atomic E-state index is 0.00556. The van der Waals surface area contributed by atoms with E-state index in [4.69, 9.17) is 4.74 Å². The molecule has 1 aliphatic heterocycles. The number of hydrogen-bond donors (Lipinski definition) is 1. The van der Waals surface area contributed by atoms with Crippen LogP contribution in [0.1, 0.15) is 54.2 Å². The molecule has 0 saturated heterocycles. The maximum Gasteiger partial charge on any atom is 0.268 e. The Balaban J connectivity index is 1.61. The minimum atomic E-state index is -0.725. The van der Waals surface area contributed by atoms with E-state index in [2.05, 4.69) is 5.32 Å². The van der Waals surface area contributed by atoms with Gasteiger partial charge in [-0.05, 0) is 42.7 Å². The van der Waals surface area contributed by atoms with Crippen molar-refractivity contribution < 1.29 is 19.1 Å². The summed E-state index contributed by atoms with van der Waals surface area (Å²) < 4.78 is 5.74. The smallest absolute Gasteiger partial charge is 0.268 e. The summed E-state index contributed by atoms with van der Waals surface area (Å²) in [6.45, 7) is 3.42. The maximum absolute atomic E-state index is 13.2. The fraction of sp³-hybridized carbons (Fsp3) is 0.250. The number of rotatable bonds is 8. The van der Waals surface area contributed by atoms with E-state index >= 15 is 0 Å². The number of benzene rings is 3. The largest absolute Gasteiger partial charge is 0.479 e. The lowest BCUT2D eigenvalue weighted by molar-refractivity contribution is -0.128. The fourth-order valence-electron chi connectivity index (χ4n) is 4.12. The maximum atomic E-state index is 13.2. The molecule has 174 valence electrons. The standard InChI is InChI=1S/C28H28N2O4/c1-3-10-24(31)22-15-16-25-23(17-22)30(28(33)19(2)34-25)18-26(32)29-27(20-11-6-4-7-12-20)21-13-8-5-9-14-21/h4-9,11-17,19,27H,3,10,18H2,1-2H3,(H,29,32). The van der Waals surface area contributed by atoms with Crippen molar-refractivity contribution in [3.8, 4) is 5.75 Å². The molecule has 0 aliphatic carbocycles. The lowest BCUT2D eigenvalue weighted by Crippen LogP contribution is -2.49. The van der Waals surface area contributed by atoms with Crippen molar-refractivity contribution in [1.29, 1.82) is 0 Å². The Bertz CT molecular complexity index is 1140. The van der Waals surface area contributed by atoms with Crippen LogP contribution < -0.4 is 15.0 Å². The summed E-state index contributed by atoms with van der Waals surface area (Å²) in [5.41, 5.74) is 2.83. The van der Waals surface area contributed by atoms with Crippen molar-refractivity contribution in [3.63, 3.8) is 0 Å². The van der Waals surface area contributed by atoms with Crippen molar-refractivity contribution in [2.45, 2.75) is 38.8 Å². The molecule has 6 heteroatoms. The number of fused-ring (bicyclic) bond motifs is 1. The molecule has 1 atom stereocenters. The highest BCUT2D eigenvalue weighted by atomic mass is 16.5. The van der Waals surface area contributed by atoms with Crippen LogP contribution in [0, 0.1) is 0 Å². The second-order valence-electron chi connectivity index (χ2n) is 8.36. The van der Waals surface area contributed by atoms with Crippen LogP contribution >= 0.6 is 0 Å². The van der Waals surface area contributed by atoms with Gasteiger partial charge in [-0.2, -0.15) is 0 Å². The van der Waals surface area contributed by atoms with Crippen molar-refractivity contribution in [2.24, 2.45) is 0 Å². The van der Waals surface area contributed by atoms with Gasteiger partial charge < -0.3 is 10.1 Å². The third-order valence-electron chi connectivity index (χ3n) is 5.84. The summed E-state index contributed by atoms with van der Waals surface area (Å²) >= 11 is 0. The van der Waals surface area contributed by atoms with Crippen LogP contribution in [0.5, 0.6) is 5.75 Å². The van der Waals surface area contributed by atoms with E-state index in [-0.39, 0.29) is 30.2 Å². The Morgan fingerprint density at radius 2 is 1.59 bits per heavy atom. The van der Waals surface area contributed by atoms with Gasteiger partial charge in [0.25, 0.3) is 5.91 Å². The van der Waals surface area contributed by atoms with Gasteiger partial charge in [0.1, 0.15) is 12.3 Å². The number of Topliss-reactive ketones (excluding diaryl/α,β-unsaturated/α-hetero) is 1. The summed E-state index contributed by atoms with van der Waals surface area (Å²) in [6, 6.07) is 24.1. The van der Waals surface area contributed by atoms with Crippen molar-refractivity contribution in [1.82, 2.24) is 5.32 Å². The van der Waals surface area contributed by atoms with E-state index in [1.807, 2.05) is 67.6 Å². The lowest BCUT2D eigenvalue weighted by Gasteiger charge is -2.33. The van der Waals surface area contributed by atoms with E-state index in [9.17, 15) is 14.4 Å². The predicted octanol–water partition coefficient (Wildman–Crippen LogP) is 4.69. The first-order valence-electron chi connectivity index (χ1n) is 11.5. The average molecular weight is 457 g/mol. The number of anilines is 1. The molecule has 3 aromatic rings. The molecule has 0 spiro atoms. The molecular weight excluding hydrogens is 428 g/mol. The zero-order valence-electron chi connectivity index (χ0n) is 19.4. The highest BCUT2D eigenvalue weighted by molar-refractivity contribution is 6.05. The van der Waals surface area contributed by atoms with E-state index in [0.29, 0.717) is 23.4 Å².